The Hall–Kier alpha value is -2.16. The van der Waals surface area contributed by atoms with Crippen molar-refractivity contribution < 1.29 is 9.90 Å². The van der Waals surface area contributed by atoms with E-state index in [1.165, 1.54) is 38.5 Å². The summed E-state index contributed by atoms with van der Waals surface area (Å²) >= 11 is 0. The standard InChI is InChI=1S/C22H23NO2/c24-13-14-1-3-20(23-12-14)18-2-4-21(25)19(8-18)22-9-15-5-16(10-22)7-17(6-15)11-22/h1-4,8,12-13,15-17,25H,5-7,9-11H2. The lowest BCUT2D eigenvalue weighted by Gasteiger charge is -2.57. The lowest BCUT2D eigenvalue weighted by atomic mass is 9.48. The van der Waals surface area contributed by atoms with Gasteiger partial charge in [0.15, 0.2) is 6.29 Å². The molecule has 4 saturated carbocycles. The van der Waals surface area contributed by atoms with Crippen LogP contribution < -0.4 is 0 Å². The molecule has 1 aromatic carbocycles. The average Bonchev–Trinajstić information content (AvgIpc) is 2.61. The van der Waals surface area contributed by atoms with Gasteiger partial charge in [0.25, 0.3) is 0 Å². The van der Waals surface area contributed by atoms with Crippen LogP contribution in [0.25, 0.3) is 11.3 Å². The highest BCUT2D eigenvalue weighted by Crippen LogP contribution is 2.62. The Labute approximate surface area is 148 Å². The van der Waals surface area contributed by atoms with Gasteiger partial charge in [0.2, 0.25) is 0 Å². The molecule has 0 radical (unpaired) electrons. The van der Waals surface area contributed by atoms with Crippen LogP contribution >= 0.6 is 0 Å². The van der Waals surface area contributed by atoms with Crippen molar-refractivity contribution in [3.05, 3.63) is 47.7 Å². The van der Waals surface area contributed by atoms with E-state index in [0.717, 1.165) is 40.9 Å². The molecule has 2 aromatic rings. The molecule has 0 atom stereocenters. The minimum Gasteiger partial charge on any atom is -0.508 e. The van der Waals surface area contributed by atoms with Gasteiger partial charge in [-0.25, -0.2) is 0 Å². The fourth-order valence-corrected chi connectivity index (χ4v) is 6.21. The molecule has 4 fully saturated rings. The van der Waals surface area contributed by atoms with Gasteiger partial charge < -0.3 is 5.11 Å². The van der Waals surface area contributed by atoms with Crippen LogP contribution in [-0.2, 0) is 5.41 Å². The molecule has 1 heterocycles. The first kappa shape index (κ1) is 15.1. The first-order chi connectivity index (χ1) is 12.1. The summed E-state index contributed by atoms with van der Waals surface area (Å²) in [6.07, 6.45) is 10.3. The van der Waals surface area contributed by atoms with E-state index in [1.54, 1.807) is 12.3 Å². The first-order valence-electron chi connectivity index (χ1n) is 9.40. The summed E-state index contributed by atoms with van der Waals surface area (Å²) in [6.45, 7) is 0. The maximum absolute atomic E-state index is 10.8. The quantitative estimate of drug-likeness (QED) is 0.826. The Kier molecular flexibility index (Phi) is 3.28. The van der Waals surface area contributed by atoms with Gasteiger partial charge in [-0.1, -0.05) is 0 Å². The molecule has 0 aliphatic heterocycles. The largest absolute Gasteiger partial charge is 0.508 e. The van der Waals surface area contributed by atoms with Gasteiger partial charge in [0, 0.05) is 22.9 Å². The van der Waals surface area contributed by atoms with Gasteiger partial charge in [0.05, 0.1) is 5.69 Å². The highest BCUT2D eigenvalue weighted by atomic mass is 16.3. The SMILES string of the molecule is O=Cc1ccc(-c2ccc(O)c(C34CC5CC(CC(C5)C3)C4)c2)nc1. The van der Waals surface area contributed by atoms with Gasteiger partial charge in [-0.15, -0.1) is 0 Å². The highest BCUT2D eigenvalue weighted by molar-refractivity contribution is 5.75. The van der Waals surface area contributed by atoms with Crippen LogP contribution in [0.15, 0.2) is 36.5 Å². The van der Waals surface area contributed by atoms with Crippen LogP contribution in [-0.4, -0.2) is 16.4 Å². The number of carbonyl (C=O) groups is 1. The highest BCUT2D eigenvalue weighted by Gasteiger charge is 2.52. The summed E-state index contributed by atoms with van der Waals surface area (Å²) in [5, 5.41) is 10.7. The zero-order valence-electron chi connectivity index (χ0n) is 14.3. The van der Waals surface area contributed by atoms with Crippen LogP contribution in [0.4, 0.5) is 0 Å². The molecule has 0 unspecified atom stereocenters. The number of benzene rings is 1. The van der Waals surface area contributed by atoms with Crippen molar-refractivity contribution in [1.82, 2.24) is 4.98 Å². The number of aromatic hydroxyl groups is 1. The Morgan fingerprint density at radius 1 is 1.00 bits per heavy atom. The minimum atomic E-state index is 0.164. The van der Waals surface area contributed by atoms with E-state index in [2.05, 4.69) is 11.1 Å². The number of aldehydes is 1. The van der Waals surface area contributed by atoms with Gasteiger partial charge in [-0.2, -0.15) is 0 Å². The Balaban J connectivity index is 1.56. The number of phenols is 1. The zero-order chi connectivity index (χ0) is 17.0. The number of aromatic nitrogens is 1. The Morgan fingerprint density at radius 2 is 1.68 bits per heavy atom. The second kappa shape index (κ2) is 5.42. The number of nitrogens with zero attached hydrogens (tertiary/aromatic N) is 1. The van der Waals surface area contributed by atoms with Crippen LogP contribution in [0, 0.1) is 17.8 Å². The monoisotopic (exact) mass is 333 g/mol. The van der Waals surface area contributed by atoms with Crippen LogP contribution in [0.1, 0.15) is 54.4 Å². The number of carbonyl (C=O) groups excluding carboxylic acids is 1. The van der Waals surface area contributed by atoms with Crippen molar-refractivity contribution in [2.45, 2.75) is 43.9 Å². The molecule has 0 saturated heterocycles. The van der Waals surface area contributed by atoms with E-state index < -0.39 is 0 Å². The lowest BCUT2D eigenvalue weighted by Crippen LogP contribution is -2.48. The Morgan fingerprint density at radius 3 is 2.24 bits per heavy atom. The fourth-order valence-electron chi connectivity index (χ4n) is 6.21. The van der Waals surface area contributed by atoms with E-state index in [0.29, 0.717) is 11.3 Å². The van der Waals surface area contributed by atoms with E-state index in [1.807, 2.05) is 18.2 Å². The fraction of sp³-hybridized carbons (Fsp3) is 0.455. The summed E-state index contributed by atoms with van der Waals surface area (Å²) < 4.78 is 0. The predicted octanol–water partition coefficient (Wildman–Crippen LogP) is 4.73. The molecule has 128 valence electrons. The molecule has 0 spiro atoms. The van der Waals surface area contributed by atoms with Crippen LogP contribution in [0.2, 0.25) is 0 Å². The lowest BCUT2D eigenvalue weighted by molar-refractivity contribution is -0.00611. The molecule has 0 amide bonds. The normalized spacial score (nSPS) is 32.7. The third-order valence-electron chi connectivity index (χ3n) is 6.82. The molecule has 4 aliphatic carbocycles. The van der Waals surface area contributed by atoms with Gasteiger partial charge in [-0.3, -0.25) is 9.78 Å². The van der Waals surface area contributed by atoms with Crippen molar-refractivity contribution in [3.8, 4) is 17.0 Å². The van der Waals surface area contributed by atoms with Crippen LogP contribution in [0.3, 0.4) is 0 Å². The second-order valence-corrected chi connectivity index (χ2v) is 8.52. The van der Waals surface area contributed by atoms with Gasteiger partial charge in [-0.05, 0) is 92.0 Å². The first-order valence-corrected chi connectivity index (χ1v) is 9.40. The molecule has 6 rings (SSSR count). The van der Waals surface area contributed by atoms with Crippen molar-refractivity contribution in [3.63, 3.8) is 0 Å². The number of hydrogen-bond donors (Lipinski definition) is 1. The summed E-state index contributed by atoms with van der Waals surface area (Å²) in [6, 6.07) is 9.61. The molecular formula is C22H23NO2. The van der Waals surface area contributed by atoms with Crippen molar-refractivity contribution in [2.24, 2.45) is 17.8 Å². The molecule has 4 bridgehead atoms. The van der Waals surface area contributed by atoms with Crippen LogP contribution in [0.5, 0.6) is 5.75 Å². The Bertz CT molecular complexity index is 789. The number of phenolic OH excluding ortho intramolecular Hbond substituents is 1. The number of rotatable bonds is 3. The molecule has 25 heavy (non-hydrogen) atoms. The third kappa shape index (κ3) is 2.40. The second-order valence-electron chi connectivity index (χ2n) is 8.52. The molecule has 3 heteroatoms. The van der Waals surface area contributed by atoms with E-state index in [9.17, 15) is 9.90 Å². The number of hydrogen-bond acceptors (Lipinski definition) is 3. The average molecular weight is 333 g/mol. The molecule has 3 nitrogen and oxygen atoms in total. The molecule has 1 N–H and O–H groups in total. The van der Waals surface area contributed by atoms with Crippen molar-refractivity contribution in [1.29, 1.82) is 0 Å². The topological polar surface area (TPSA) is 50.2 Å². The summed E-state index contributed by atoms with van der Waals surface area (Å²) in [5.41, 5.74) is 3.77. The summed E-state index contributed by atoms with van der Waals surface area (Å²) in [5.74, 6) is 2.98. The zero-order valence-corrected chi connectivity index (χ0v) is 14.3. The van der Waals surface area contributed by atoms with E-state index in [4.69, 9.17) is 0 Å². The minimum absolute atomic E-state index is 0.164. The maximum Gasteiger partial charge on any atom is 0.151 e. The number of pyridine rings is 1. The molecule has 4 aliphatic rings. The van der Waals surface area contributed by atoms with Gasteiger partial charge in [0.1, 0.15) is 5.75 Å². The van der Waals surface area contributed by atoms with E-state index >= 15 is 0 Å². The van der Waals surface area contributed by atoms with Crippen molar-refractivity contribution in [2.75, 3.05) is 0 Å². The smallest absolute Gasteiger partial charge is 0.151 e. The van der Waals surface area contributed by atoms with Crippen molar-refractivity contribution >= 4 is 6.29 Å². The third-order valence-corrected chi connectivity index (χ3v) is 6.82. The maximum atomic E-state index is 10.8. The van der Waals surface area contributed by atoms with E-state index in [-0.39, 0.29) is 5.41 Å². The molecule has 1 aromatic heterocycles. The predicted molar refractivity (Wildman–Crippen MR) is 96.6 cm³/mol. The summed E-state index contributed by atoms with van der Waals surface area (Å²) in [4.78, 5) is 15.3. The van der Waals surface area contributed by atoms with Gasteiger partial charge >= 0.3 is 0 Å². The molecular weight excluding hydrogens is 310 g/mol. The summed E-state index contributed by atoms with van der Waals surface area (Å²) in [7, 11) is 0.